The van der Waals surface area contributed by atoms with E-state index in [-0.39, 0.29) is 5.91 Å². The predicted octanol–water partition coefficient (Wildman–Crippen LogP) is 1.37. The minimum Gasteiger partial charge on any atom is -0.385 e. The van der Waals surface area contributed by atoms with Gasteiger partial charge in [-0.15, -0.1) is 0 Å². The Labute approximate surface area is 94.4 Å². The molecule has 0 aromatic rings. The molecule has 0 saturated carbocycles. The molecule has 0 radical (unpaired) electrons. The molecule has 1 amide bonds. The Morgan fingerprint density at radius 3 is 2.57 bits per heavy atom. The highest BCUT2D eigenvalue weighted by atomic mass is 32.2. The number of thioether (sulfide) groups is 1. The first-order valence-corrected chi connectivity index (χ1v) is 6.29. The lowest BCUT2D eigenvalue weighted by atomic mass is 10.1. The van der Waals surface area contributed by atoms with Crippen LogP contribution in [0.5, 0.6) is 0 Å². The molecule has 0 aromatic carbocycles. The molecule has 0 bridgehead atoms. The summed E-state index contributed by atoms with van der Waals surface area (Å²) >= 11 is 6.11. The van der Waals surface area contributed by atoms with E-state index in [1.165, 1.54) is 18.2 Å². The molecule has 0 unspecified atom stereocenters. The Morgan fingerprint density at radius 2 is 2.00 bits per heavy atom. The third kappa shape index (κ3) is 4.28. The fourth-order valence-corrected chi connectivity index (χ4v) is 2.27. The lowest BCUT2D eigenvalue weighted by Gasteiger charge is -2.26. The molecule has 1 fully saturated rings. The van der Waals surface area contributed by atoms with Gasteiger partial charge in [0.25, 0.3) is 0 Å². The average molecular weight is 232 g/mol. The summed E-state index contributed by atoms with van der Waals surface area (Å²) in [5, 5.41) is 0. The quantitative estimate of drug-likeness (QED) is 0.747. The molecule has 1 heterocycles. The van der Waals surface area contributed by atoms with E-state index >= 15 is 0 Å². The lowest BCUT2D eigenvalue weighted by molar-refractivity contribution is -0.131. The second-order valence-corrected chi connectivity index (χ2v) is 5.19. The van der Waals surface area contributed by atoms with Gasteiger partial charge in [0, 0.05) is 25.3 Å². The van der Waals surface area contributed by atoms with Crippen LogP contribution in [0, 0.1) is 0 Å². The van der Waals surface area contributed by atoms with Crippen LogP contribution >= 0.6 is 24.0 Å². The predicted molar refractivity (Wildman–Crippen MR) is 64.3 cm³/mol. The molecule has 1 rings (SSSR count). The number of rotatable bonds is 3. The van der Waals surface area contributed by atoms with Crippen LogP contribution in [0.2, 0.25) is 0 Å². The summed E-state index contributed by atoms with van der Waals surface area (Å²) in [5.74, 6) is 0.957. The van der Waals surface area contributed by atoms with E-state index in [1.54, 1.807) is 0 Å². The van der Waals surface area contributed by atoms with Crippen molar-refractivity contribution in [3.63, 3.8) is 0 Å². The van der Waals surface area contributed by atoms with Crippen molar-refractivity contribution in [3.05, 3.63) is 0 Å². The fourth-order valence-electron chi connectivity index (χ4n) is 1.54. The van der Waals surface area contributed by atoms with Crippen molar-refractivity contribution in [3.8, 4) is 0 Å². The van der Waals surface area contributed by atoms with Gasteiger partial charge in [-0.2, -0.15) is 0 Å². The van der Waals surface area contributed by atoms with Gasteiger partial charge in [-0.05, 0) is 19.3 Å². The molecule has 80 valence electrons. The van der Waals surface area contributed by atoms with Crippen LogP contribution < -0.4 is 5.73 Å². The van der Waals surface area contributed by atoms with Crippen LogP contribution in [0.15, 0.2) is 0 Å². The number of carbonyl (C=O) groups is 1. The lowest BCUT2D eigenvalue weighted by Crippen LogP contribution is -2.35. The molecule has 1 aliphatic heterocycles. The normalized spacial score (nSPS) is 16.7. The Kier molecular flexibility index (Phi) is 5.25. The molecular weight excluding hydrogens is 216 g/mol. The Morgan fingerprint density at radius 1 is 1.36 bits per heavy atom. The topological polar surface area (TPSA) is 46.3 Å². The molecule has 1 saturated heterocycles. The van der Waals surface area contributed by atoms with Crippen molar-refractivity contribution in [1.29, 1.82) is 0 Å². The molecule has 0 aromatic heterocycles. The second kappa shape index (κ2) is 6.24. The summed E-state index contributed by atoms with van der Waals surface area (Å²) in [6.45, 7) is 1.85. The molecule has 3 nitrogen and oxygen atoms in total. The van der Waals surface area contributed by atoms with Crippen molar-refractivity contribution in [2.75, 3.05) is 18.8 Å². The zero-order chi connectivity index (χ0) is 10.4. The molecular formula is C9H16N2OS2. The number of hydrogen-bond donors (Lipinski definition) is 1. The Bertz CT molecular complexity index is 215. The van der Waals surface area contributed by atoms with Gasteiger partial charge in [0.05, 0.1) is 0 Å². The minimum absolute atomic E-state index is 0.244. The maximum atomic E-state index is 11.6. The van der Waals surface area contributed by atoms with Crippen LogP contribution in [0.3, 0.4) is 0 Å². The summed E-state index contributed by atoms with van der Waals surface area (Å²) in [6.07, 6.45) is 4.11. The van der Waals surface area contributed by atoms with Gasteiger partial charge in [0.2, 0.25) is 5.91 Å². The van der Waals surface area contributed by atoms with Crippen LogP contribution in [0.4, 0.5) is 0 Å². The number of hydrogen-bond acceptors (Lipinski definition) is 3. The molecule has 0 atom stereocenters. The van der Waals surface area contributed by atoms with E-state index in [9.17, 15) is 4.79 Å². The van der Waals surface area contributed by atoms with E-state index < -0.39 is 0 Å². The monoisotopic (exact) mass is 232 g/mol. The summed E-state index contributed by atoms with van der Waals surface area (Å²) in [4.78, 5) is 13.6. The van der Waals surface area contributed by atoms with E-state index in [0.717, 1.165) is 25.9 Å². The van der Waals surface area contributed by atoms with Crippen molar-refractivity contribution in [2.45, 2.75) is 25.7 Å². The fraction of sp³-hybridized carbons (Fsp3) is 0.778. The maximum Gasteiger partial charge on any atom is 0.223 e. The van der Waals surface area contributed by atoms with Crippen molar-refractivity contribution >= 4 is 34.2 Å². The van der Waals surface area contributed by atoms with E-state index in [0.29, 0.717) is 16.5 Å². The number of piperidine rings is 1. The first-order chi connectivity index (χ1) is 6.70. The first-order valence-electron chi connectivity index (χ1n) is 4.90. The molecule has 2 N–H and O–H groups in total. The van der Waals surface area contributed by atoms with E-state index in [1.807, 2.05) is 4.90 Å². The number of carbonyl (C=O) groups excluding carboxylic acids is 1. The van der Waals surface area contributed by atoms with Gasteiger partial charge in [0.1, 0.15) is 4.32 Å². The number of nitrogens with two attached hydrogens (primary N) is 1. The zero-order valence-electron chi connectivity index (χ0n) is 8.20. The van der Waals surface area contributed by atoms with E-state index in [2.05, 4.69) is 0 Å². The molecule has 14 heavy (non-hydrogen) atoms. The van der Waals surface area contributed by atoms with Crippen LogP contribution in [-0.2, 0) is 4.79 Å². The number of nitrogens with zero attached hydrogens (tertiary/aromatic N) is 1. The summed E-state index contributed by atoms with van der Waals surface area (Å²) < 4.78 is 0.427. The van der Waals surface area contributed by atoms with Gasteiger partial charge in [-0.25, -0.2) is 0 Å². The van der Waals surface area contributed by atoms with Crippen molar-refractivity contribution in [2.24, 2.45) is 5.73 Å². The minimum atomic E-state index is 0.244. The summed E-state index contributed by atoms with van der Waals surface area (Å²) in [5.41, 5.74) is 5.33. The largest absolute Gasteiger partial charge is 0.385 e. The SMILES string of the molecule is NC(=S)SCCC(=O)N1CCCCC1. The first kappa shape index (κ1) is 11.8. The van der Waals surface area contributed by atoms with Gasteiger partial charge >= 0.3 is 0 Å². The number of amides is 1. The Balaban J connectivity index is 2.16. The zero-order valence-corrected chi connectivity index (χ0v) is 9.83. The third-order valence-electron chi connectivity index (χ3n) is 2.27. The molecule has 1 aliphatic rings. The highest BCUT2D eigenvalue weighted by molar-refractivity contribution is 8.22. The van der Waals surface area contributed by atoms with Gasteiger partial charge in [-0.3, -0.25) is 4.79 Å². The summed E-state index contributed by atoms with van der Waals surface area (Å²) in [7, 11) is 0. The number of likely N-dealkylation sites (tertiary alicyclic amines) is 1. The average Bonchev–Trinajstić information content (AvgIpc) is 2.18. The van der Waals surface area contributed by atoms with Crippen LogP contribution in [0.25, 0.3) is 0 Å². The van der Waals surface area contributed by atoms with Crippen LogP contribution in [-0.4, -0.2) is 34.0 Å². The van der Waals surface area contributed by atoms with Gasteiger partial charge in [0.15, 0.2) is 0 Å². The number of thiocarbonyl (C=S) groups is 1. The standard InChI is InChI=1S/C9H16N2OS2/c10-9(13)14-7-4-8(12)11-5-2-1-3-6-11/h1-7H2,(H2,10,13). The highest BCUT2D eigenvalue weighted by Gasteiger charge is 2.15. The van der Waals surface area contributed by atoms with Crippen LogP contribution in [0.1, 0.15) is 25.7 Å². The molecule has 0 aliphatic carbocycles. The molecule has 5 heteroatoms. The highest BCUT2D eigenvalue weighted by Crippen LogP contribution is 2.11. The Hall–Kier alpha value is -0.290. The van der Waals surface area contributed by atoms with E-state index in [4.69, 9.17) is 18.0 Å². The second-order valence-electron chi connectivity index (χ2n) is 3.36. The summed E-state index contributed by atoms with van der Waals surface area (Å²) in [6, 6.07) is 0. The smallest absolute Gasteiger partial charge is 0.223 e. The maximum absolute atomic E-state index is 11.6. The van der Waals surface area contributed by atoms with Crippen molar-refractivity contribution < 1.29 is 4.79 Å². The molecule has 0 spiro atoms. The van der Waals surface area contributed by atoms with Crippen molar-refractivity contribution in [1.82, 2.24) is 4.90 Å². The van der Waals surface area contributed by atoms with Gasteiger partial charge in [-0.1, -0.05) is 24.0 Å². The van der Waals surface area contributed by atoms with Gasteiger partial charge < -0.3 is 10.6 Å². The third-order valence-corrected chi connectivity index (χ3v) is 3.32.